The number of nitrogens with one attached hydrogen (secondary N) is 1. The number of aromatic nitrogens is 4. The predicted octanol–water partition coefficient (Wildman–Crippen LogP) is 9.24. The van der Waals surface area contributed by atoms with Gasteiger partial charge in [0.2, 0.25) is 0 Å². The molecule has 57 heavy (non-hydrogen) atoms. The van der Waals surface area contributed by atoms with Crippen LogP contribution in [0.25, 0.3) is 20.1 Å². The Morgan fingerprint density at radius 2 is 1.35 bits per heavy atom. The zero-order valence-electron chi connectivity index (χ0n) is 30.6. The monoisotopic (exact) mass is 844 g/mol. The fourth-order valence-electron chi connectivity index (χ4n) is 5.39. The van der Waals surface area contributed by atoms with Crippen LogP contribution < -0.4 is 9.80 Å². The average molecular weight is 846 g/mol. The summed E-state index contributed by atoms with van der Waals surface area (Å²) in [4.78, 5) is 19.3. The van der Waals surface area contributed by atoms with E-state index in [1.807, 2.05) is 54.6 Å². The zero-order valence-corrected chi connectivity index (χ0v) is 32.4. The van der Waals surface area contributed by atoms with Gasteiger partial charge in [0.05, 0.1) is 18.4 Å². The summed E-state index contributed by atoms with van der Waals surface area (Å²) in [5, 5.41) is 44.3. The van der Waals surface area contributed by atoms with Gasteiger partial charge in [-0.15, -0.1) is 28.1 Å². The Morgan fingerprint density at radius 3 is 1.81 bits per heavy atom. The van der Waals surface area contributed by atoms with Crippen LogP contribution in [0.15, 0.2) is 62.9 Å². The molecule has 298 valence electrons. The molecule has 2 aliphatic rings. The first-order valence-corrected chi connectivity index (χ1v) is 18.1. The third kappa shape index (κ3) is 11.3. The quantitative estimate of drug-likeness (QED) is 0.0988. The van der Waals surface area contributed by atoms with E-state index in [1.54, 1.807) is 21.1 Å². The summed E-state index contributed by atoms with van der Waals surface area (Å²) >= 11 is 0. The fraction of sp³-hybridized carbons (Fsp3) is 0.353. The van der Waals surface area contributed by atoms with Gasteiger partial charge in [-0.1, -0.05) is 29.3 Å². The van der Waals surface area contributed by atoms with E-state index in [9.17, 15) is 21.6 Å². The van der Waals surface area contributed by atoms with Gasteiger partial charge in [0.15, 0.2) is 21.4 Å². The molecular formula is C34H33F3N16NiO2S. The minimum Gasteiger partial charge on any atom is -0.685 e. The number of sulfonamides is 1. The Morgan fingerprint density at radius 1 is 0.825 bits per heavy atom. The van der Waals surface area contributed by atoms with Gasteiger partial charge >= 0.3 is 27.9 Å². The van der Waals surface area contributed by atoms with Crippen LogP contribution in [0.1, 0.15) is 37.1 Å². The second-order valence-electron chi connectivity index (χ2n) is 11.9. The van der Waals surface area contributed by atoms with Crippen LogP contribution in [0.5, 0.6) is 0 Å². The summed E-state index contributed by atoms with van der Waals surface area (Å²) in [6.45, 7) is 18.4. The number of alkyl halides is 3. The third-order valence-electron chi connectivity index (χ3n) is 8.32. The molecule has 2 fully saturated rings. The van der Waals surface area contributed by atoms with E-state index in [-0.39, 0.29) is 51.4 Å². The van der Waals surface area contributed by atoms with Crippen molar-refractivity contribution < 1.29 is 38.1 Å². The summed E-state index contributed by atoms with van der Waals surface area (Å²) in [5.41, 5.74) is -0.812. The molecule has 2 aliphatic heterocycles. The summed E-state index contributed by atoms with van der Waals surface area (Å²) in [5.74, 6) is 0.698. The van der Waals surface area contributed by atoms with E-state index in [1.165, 1.54) is 40.5 Å². The number of anilines is 2. The number of hydrogen-bond donors (Lipinski definition) is 0. The molecule has 23 heteroatoms. The van der Waals surface area contributed by atoms with E-state index in [2.05, 4.69) is 55.2 Å². The molecule has 4 aromatic rings. The molecule has 2 saturated heterocycles. The second kappa shape index (κ2) is 20.0. The van der Waals surface area contributed by atoms with E-state index in [0.29, 0.717) is 11.4 Å². The number of imidazole rings is 2. The minimum atomic E-state index is -5.59. The van der Waals surface area contributed by atoms with Crippen LogP contribution in [0, 0.1) is 35.8 Å². The largest absolute Gasteiger partial charge is 2.00 e. The van der Waals surface area contributed by atoms with Gasteiger partial charge in [-0.05, 0) is 62.1 Å². The SMILES string of the molecule is C[N-]c1cc(N2CCCC2)ccc1N=Nc1nc(C#N)c(C#N)n1C.[C-]#[N+]c1nc(N=Nc2ccc(N3CCCC3)cc2)n(C)c1[N+]#[C-].[NH-]S(=O)(=O)C(F)(F)F.[Ni+2]. The zero-order chi connectivity index (χ0) is 41.0. The number of hydrogen-bond acceptors (Lipinski definition) is 12. The maximum absolute atomic E-state index is 10.8. The molecule has 0 aliphatic carbocycles. The van der Waals surface area contributed by atoms with Crippen molar-refractivity contribution in [2.75, 3.05) is 43.0 Å². The van der Waals surface area contributed by atoms with Crippen molar-refractivity contribution in [1.82, 2.24) is 19.1 Å². The second-order valence-corrected chi connectivity index (χ2v) is 13.4. The van der Waals surface area contributed by atoms with Crippen molar-refractivity contribution in [3.05, 3.63) is 87.1 Å². The molecule has 0 amide bonds. The average Bonchev–Trinajstić information content (AvgIpc) is 4.01. The molecule has 2 aromatic heterocycles. The van der Waals surface area contributed by atoms with E-state index in [4.69, 9.17) is 28.8 Å². The molecule has 0 spiro atoms. The molecule has 0 bridgehead atoms. The number of nitrogens with zero attached hydrogens (tertiary/aromatic N) is 15. The van der Waals surface area contributed by atoms with Crippen LogP contribution in [0.4, 0.5) is 65.1 Å². The fourth-order valence-corrected chi connectivity index (χ4v) is 5.39. The first kappa shape index (κ1) is 45.0. The molecule has 0 atom stereocenters. The normalized spacial score (nSPS) is 13.7. The number of azo groups is 2. The van der Waals surface area contributed by atoms with Gasteiger partial charge in [-0.2, -0.15) is 28.7 Å². The van der Waals surface area contributed by atoms with Crippen LogP contribution in [-0.4, -0.2) is 66.3 Å². The van der Waals surface area contributed by atoms with Crippen LogP contribution in [0.2, 0.25) is 0 Å². The van der Waals surface area contributed by atoms with Gasteiger partial charge in [0, 0.05) is 44.6 Å². The van der Waals surface area contributed by atoms with Gasteiger partial charge < -0.3 is 34.5 Å². The molecule has 18 nitrogen and oxygen atoms in total. The molecule has 2 aromatic carbocycles. The maximum Gasteiger partial charge on any atom is 2.00 e. The Bertz CT molecular complexity index is 2370. The summed E-state index contributed by atoms with van der Waals surface area (Å²) in [6, 6.07) is 17.6. The minimum absolute atomic E-state index is 0. The number of benzene rings is 2. The van der Waals surface area contributed by atoms with Crippen molar-refractivity contribution in [2.45, 2.75) is 31.2 Å². The first-order chi connectivity index (χ1) is 26.6. The first-order valence-electron chi connectivity index (χ1n) is 16.6. The van der Waals surface area contributed by atoms with Crippen molar-refractivity contribution in [1.29, 1.82) is 10.5 Å². The van der Waals surface area contributed by atoms with E-state index >= 15 is 0 Å². The topological polar surface area (TPSA) is 220 Å². The van der Waals surface area contributed by atoms with Gasteiger partial charge in [-0.3, -0.25) is 0 Å². The van der Waals surface area contributed by atoms with Gasteiger partial charge in [-0.25, -0.2) is 13.0 Å². The Labute approximate surface area is 336 Å². The number of nitriles is 2. The Hall–Kier alpha value is -6.39. The van der Waals surface area contributed by atoms with Gasteiger partial charge in [0.25, 0.3) is 17.6 Å². The molecule has 0 radical (unpaired) electrons. The smallest absolute Gasteiger partial charge is 0.685 e. The summed E-state index contributed by atoms with van der Waals surface area (Å²) in [7, 11) is -0.598. The molecule has 0 saturated carbocycles. The standard InChI is InChI=1S/C17H17N8.C16H15N7.CHF3NO2S.Ni/c1-20-14-9-12(25-7-3-4-8-25)5-6-13(14)22-23-17-21-15(10-18)16(11-19)24(17)2;1-17-14-15(18-2)22(3)16(19-14)21-20-12-6-8-13(9-7-12)23-10-4-5-11-23;2-1(3,4)8(5,6)7;/h5-6,9H,3-4,7-8H2,1-2H3;6-9H,4-5,10-11H2,3H3;(H-,5,6,7);/q-1;;-1;+2. The van der Waals surface area contributed by atoms with Crippen molar-refractivity contribution in [2.24, 2.45) is 34.6 Å². The number of halogens is 3. The van der Waals surface area contributed by atoms with Crippen molar-refractivity contribution in [3.63, 3.8) is 0 Å². The number of rotatable bonds is 7. The van der Waals surface area contributed by atoms with Crippen molar-refractivity contribution in [3.8, 4) is 12.1 Å². The molecule has 1 N–H and O–H groups in total. The Kier molecular flexibility index (Phi) is 15.8. The molecule has 4 heterocycles. The van der Waals surface area contributed by atoms with E-state index in [0.717, 1.165) is 37.6 Å². The molecular weight excluding hydrogens is 812 g/mol. The summed E-state index contributed by atoms with van der Waals surface area (Å²) < 4.78 is 53.7. The van der Waals surface area contributed by atoms with Crippen LogP contribution in [-0.2, 0) is 40.6 Å². The summed E-state index contributed by atoms with van der Waals surface area (Å²) in [6.07, 6.45) is 4.91. The Balaban J connectivity index is 0.000000254. The molecule has 6 rings (SSSR count). The molecule has 0 unspecified atom stereocenters. The van der Waals surface area contributed by atoms with Crippen LogP contribution >= 0.6 is 0 Å². The van der Waals surface area contributed by atoms with Crippen LogP contribution in [0.3, 0.4) is 0 Å². The predicted molar refractivity (Wildman–Crippen MR) is 201 cm³/mol. The third-order valence-corrected chi connectivity index (χ3v) is 8.93. The van der Waals surface area contributed by atoms with E-state index < -0.39 is 15.5 Å². The maximum atomic E-state index is 10.8. The van der Waals surface area contributed by atoms with Crippen molar-refractivity contribution >= 4 is 62.0 Å². The van der Waals surface area contributed by atoms with Gasteiger partial charge in [0.1, 0.15) is 12.1 Å².